The van der Waals surface area contributed by atoms with E-state index in [0.717, 1.165) is 13.0 Å². The van der Waals surface area contributed by atoms with E-state index in [1.54, 1.807) is 0 Å². The minimum absolute atomic E-state index is 0.336. The molecule has 1 saturated heterocycles. The van der Waals surface area contributed by atoms with Gasteiger partial charge in [0.25, 0.3) is 0 Å². The fraction of sp³-hybridized carbons (Fsp3) is 0.625. The molecule has 1 N–H and O–H groups in total. The van der Waals surface area contributed by atoms with Gasteiger partial charge in [-0.05, 0) is 31.2 Å². The van der Waals surface area contributed by atoms with Crippen LogP contribution in [-0.4, -0.2) is 18.8 Å². The summed E-state index contributed by atoms with van der Waals surface area (Å²) in [6, 6.07) is 11.7. The topological polar surface area (TPSA) is 21.3 Å². The molecule has 0 radical (unpaired) electrons. The van der Waals surface area contributed by atoms with E-state index in [9.17, 15) is 0 Å². The Labute approximate surface area is 111 Å². The van der Waals surface area contributed by atoms with E-state index in [1.807, 2.05) is 0 Å². The molecule has 1 aromatic rings. The maximum absolute atomic E-state index is 5.64. The van der Waals surface area contributed by atoms with Gasteiger partial charge in [-0.1, -0.05) is 44.2 Å². The standard InChI is InChI=1S/C16H25NO/c1-12(2)11-16(14-7-5-4-6-8-14)17-15-9-10-18-13(15)3/h4-8,12-13,15-17H,9-11H2,1-3H3. The van der Waals surface area contributed by atoms with Crippen molar-refractivity contribution < 1.29 is 4.74 Å². The van der Waals surface area contributed by atoms with Gasteiger partial charge < -0.3 is 10.1 Å². The van der Waals surface area contributed by atoms with Crippen LogP contribution < -0.4 is 5.32 Å². The van der Waals surface area contributed by atoms with Crippen LogP contribution >= 0.6 is 0 Å². The van der Waals surface area contributed by atoms with Crippen molar-refractivity contribution in [3.63, 3.8) is 0 Å². The summed E-state index contributed by atoms with van der Waals surface area (Å²) in [7, 11) is 0. The van der Waals surface area contributed by atoms with E-state index >= 15 is 0 Å². The van der Waals surface area contributed by atoms with Crippen LogP contribution in [0, 0.1) is 5.92 Å². The van der Waals surface area contributed by atoms with E-state index in [1.165, 1.54) is 12.0 Å². The summed E-state index contributed by atoms with van der Waals surface area (Å²) in [4.78, 5) is 0. The third kappa shape index (κ3) is 3.56. The third-order valence-corrected chi connectivity index (χ3v) is 3.70. The highest BCUT2D eigenvalue weighted by atomic mass is 16.5. The smallest absolute Gasteiger partial charge is 0.0700 e. The molecule has 0 aliphatic carbocycles. The number of nitrogens with one attached hydrogen (secondary N) is 1. The molecule has 0 bridgehead atoms. The molecule has 0 amide bonds. The molecule has 0 aromatic heterocycles. The fourth-order valence-electron chi connectivity index (χ4n) is 2.67. The van der Waals surface area contributed by atoms with Gasteiger partial charge in [-0.25, -0.2) is 0 Å². The third-order valence-electron chi connectivity index (χ3n) is 3.70. The van der Waals surface area contributed by atoms with E-state index in [4.69, 9.17) is 4.74 Å². The Morgan fingerprint density at radius 1 is 1.28 bits per heavy atom. The van der Waals surface area contributed by atoms with Gasteiger partial charge in [0.1, 0.15) is 0 Å². The van der Waals surface area contributed by atoms with Crippen LogP contribution in [0.25, 0.3) is 0 Å². The van der Waals surface area contributed by atoms with Gasteiger partial charge in [-0.15, -0.1) is 0 Å². The quantitative estimate of drug-likeness (QED) is 0.859. The van der Waals surface area contributed by atoms with Gasteiger partial charge in [0.05, 0.1) is 6.10 Å². The summed E-state index contributed by atoms with van der Waals surface area (Å²) >= 11 is 0. The molecule has 0 saturated carbocycles. The first kappa shape index (κ1) is 13.6. The zero-order valence-electron chi connectivity index (χ0n) is 11.7. The molecule has 3 unspecified atom stereocenters. The Kier molecular flexibility index (Phi) is 4.79. The molecule has 18 heavy (non-hydrogen) atoms. The van der Waals surface area contributed by atoms with Crippen molar-refractivity contribution in [2.75, 3.05) is 6.61 Å². The number of hydrogen-bond acceptors (Lipinski definition) is 2. The van der Waals surface area contributed by atoms with Crippen LogP contribution in [0.1, 0.15) is 45.2 Å². The van der Waals surface area contributed by atoms with Crippen LogP contribution in [0.15, 0.2) is 30.3 Å². The van der Waals surface area contributed by atoms with E-state index < -0.39 is 0 Å². The van der Waals surface area contributed by atoms with Gasteiger partial charge in [0.15, 0.2) is 0 Å². The summed E-state index contributed by atoms with van der Waals surface area (Å²) < 4.78 is 5.64. The minimum Gasteiger partial charge on any atom is -0.377 e. The lowest BCUT2D eigenvalue weighted by Gasteiger charge is -2.26. The maximum atomic E-state index is 5.64. The van der Waals surface area contributed by atoms with Crippen LogP contribution in [-0.2, 0) is 4.74 Å². The lowest BCUT2D eigenvalue weighted by Crippen LogP contribution is -2.38. The van der Waals surface area contributed by atoms with Crippen molar-refractivity contribution in [3.05, 3.63) is 35.9 Å². The first-order valence-electron chi connectivity index (χ1n) is 7.09. The summed E-state index contributed by atoms with van der Waals surface area (Å²) in [5.41, 5.74) is 1.39. The molecule has 1 heterocycles. The second-order valence-electron chi connectivity index (χ2n) is 5.73. The normalized spacial score (nSPS) is 25.6. The lowest BCUT2D eigenvalue weighted by molar-refractivity contribution is 0.110. The Morgan fingerprint density at radius 2 is 2.00 bits per heavy atom. The average Bonchev–Trinajstić information content (AvgIpc) is 2.75. The summed E-state index contributed by atoms with van der Waals surface area (Å²) in [6.07, 6.45) is 2.64. The molecule has 2 rings (SSSR count). The molecular formula is C16H25NO. The van der Waals surface area contributed by atoms with E-state index in [-0.39, 0.29) is 0 Å². The Bertz CT molecular complexity index is 349. The van der Waals surface area contributed by atoms with Gasteiger partial charge in [0.2, 0.25) is 0 Å². The summed E-state index contributed by atoms with van der Waals surface area (Å²) in [5, 5.41) is 3.79. The van der Waals surface area contributed by atoms with E-state index in [2.05, 4.69) is 56.4 Å². The van der Waals surface area contributed by atoms with Crippen molar-refractivity contribution in [1.82, 2.24) is 5.32 Å². The minimum atomic E-state index is 0.336. The van der Waals surface area contributed by atoms with Crippen molar-refractivity contribution in [2.24, 2.45) is 5.92 Å². The molecule has 100 valence electrons. The predicted octanol–water partition coefficient (Wildman–Crippen LogP) is 3.54. The highest BCUT2D eigenvalue weighted by molar-refractivity contribution is 5.19. The first-order chi connectivity index (χ1) is 8.66. The molecule has 2 heteroatoms. The SMILES string of the molecule is CC(C)CC(NC1CCOC1C)c1ccccc1. The Morgan fingerprint density at radius 3 is 2.56 bits per heavy atom. The van der Waals surface area contributed by atoms with Crippen LogP contribution in [0.2, 0.25) is 0 Å². The van der Waals surface area contributed by atoms with Gasteiger partial charge in [-0.2, -0.15) is 0 Å². The first-order valence-corrected chi connectivity index (χ1v) is 7.09. The Hall–Kier alpha value is -0.860. The monoisotopic (exact) mass is 247 g/mol. The highest BCUT2D eigenvalue weighted by Gasteiger charge is 2.27. The van der Waals surface area contributed by atoms with Gasteiger partial charge in [0, 0.05) is 18.7 Å². The molecule has 0 spiro atoms. The molecular weight excluding hydrogens is 222 g/mol. The molecule has 3 atom stereocenters. The Balaban J connectivity index is 2.05. The second kappa shape index (κ2) is 6.35. The molecule has 1 fully saturated rings. The van der Waals surface area contributed by atoms with Gasteiger partial charge in [-0.3, -0.25) is 0 Å². The molecule has 2 nitrogen and oxygen atoms in total. The molecule has 1 aromatic carbocycles. The van der Waals surface area contributed by atoms with Crippen LogP contribution in [0.5, 0.6) is 0 Å². The predicted molar refractivity (Wildman–Crippen MR) is 75.6 cm³/mol. The van der Waals surface area contributed by atoms with Crippen molar-refractivity contribution in [3.8, 4) is 0 Å². The molecule has 1 aliphatic rings. The second-order valence-corrected chi connectivity index (χ2v) is 5.73. The number of ether oxygens (including phenoxy) is 1. The van der Waals surface area contributed by atoms with Crippen molar-refractivity contribution >= 4 is 0 Å². The van der Waals surface area contributed by atoms with E-state index in [0.29, 0.717) is 24.1 Å². The number of rotatable bonds is 5. The van der Waals surface area contributed by atoms with Gasteiger partial charge >= 0.3 is 0 Å². The zero-order chi connectivity index (χ0) is 13.0. The highest BCUT2D eigenvalue weighted by Crippen LogP contribution is 2.24. The van der Waals surface area contributed by atoms with Crippen LogP contribution in [0.4, 0.5) is 0 Å². The van der Waals surface area contributed by atoms with Crippen molar-refractivity contribution in [1.29, 1.82) is 0 Å². The fourth-order valence-corrected chi connectivity index (χ4v) is 2.67. The lowest BCUT2D eigenvalue weighted by atomic mass is 9.95. The van der Waals surface area contributed by atoms with Crippen molar-refractivity contribution in [2.45, 2.75) is 51.8 Å². The summed E-state index contributed by atoms with van der Waals surface area (Å²) in [6.45, 7) is 7.63. The number of hydrogen-bond donors (Lipinski definition) is 1. The molecule has 1 aliphatic heterocycles. The number of benzene rings is 1. The largest absolute Gasteiger partial charge is 0.377 e. The zero-order valence-corrected chi connectivity index (χ0v) is 11.7. The average molecular weight is 247 g/mol. The van der Waals surface area contributed by atoms with Crippen LogP contribution in [0.3, 0.4) is 0 Å². The maximum Gasteiger partial charge on any atom is 0.0700 e. The summed E-state index contributed by atoms with van der Waals surface area (Å²) in [5.74, 6) is 0.695.